The number of piperidine rings is 1. The Kier molecular flexibility index (Phi) is 7.54. The van der Waals surface area contributed by atoms with Crippen molar-refractivity contribution < 1.29 is 8.42 Å². The second-order valence-electron chi connectivity index (χ2n) is 8.98. The fourth-order valence-electron chi connectivity index (χ4n) is 4.24. The number of aryl methyl sites for hydroxylation is 1. The van der Waals surface area contributed by atoms with Crippen molar-refractivity contribution in [2.75, 3.05) is 30.8 Å². The molecule has 1 aliphatic heterocycles. The minimum atomic E-state index is -3.64. The SMILES string of the molecule is Cc1cccc(-c2nccc(Nc3ccnc(Nc4cccc(S(=O)(=O)N(C)C5CCNCC5)c4)n3)n2)n1. The lowest BCUT2D eigenvalue weighted by molar-refractivity contribution is 0.296. The first-order chi connectivity index (χ1) is 18.4. The predicted molar refractivity (Wildman–Crippen MR) is 146 cm³/mol. The summed E-state index contributed by atoms with van der Waals surface area (Å²) in [6, 6.07) is 15.8. The lowest BCUT2D eigenvalue weighted by Gasteiger charge is -2.30. The average molecular weight is 532 g/mol. The maximum Gasteiger partial charge on any atom is 0.243 e. The third-order valence-corrected chi connectivity index (χ3v) is 8.18. The van der Waals surface area contributed by atoms with Crippen molar-refractivity contribution in [1.82, 2.24) is 34.5 Å². The highest BCUT2D eigenvalue weighted by Gasteiger charge is 2.29. The van der Waals surface area contributed by atoms with E-state index in [4.69, 9.17) is 0 Å². The number of hydrogen-bond acceptors (Lipinski definition) is 10. The monoisotopic (exact) mass is 531 g/mol. The predicted octanol–water partition coefficient (Wildman–Crippen LogP) is 3.50. The molecule has 3 N–H and O–H groups in total. The fraction of sp³-hybridized carbons (Fsp3) is 0.269. The van der Waals surface area contributed by atoms with Crippen molar-refractivity contribution in [2.45, 2.75) is 30.7 Å². The zero-order chi connectivity index (χ0) is 26.5. The molecule has 3 aromatic heterocycles. The van der Waals surface area contributed by atoms with Gasteiger partial charge in [-0.3, -0.25) is 0 Å². The van der Waals surface area contributed by atoms with E-state index >= 15 is 0 Å². The van der Waals surface area contributed by atoms with E-state index in [1.165, 1.54) is 4.31 Å². The van der Waals surface area contributed by atoms with Gasteiger partial charge in [0.15, 0.2) is 5.82 Å². The van der Waals surface area contributed by atoms with Crippen LogP contribution in [-0.2, 0) is 10.0 Å². The first-order valence-corrected chi connectivity index (χ1v) is 13.8. The summed E-state index contributed by atoms with van der Waals surface area (Å²) in [5, 5.41) is 9.54. The van der Waals surface area contributed by atoms with Gasteiger partial charge in [0.1, 0.15) is 17.3 Å². The molecule has 0 unspecified atom stereocenters. The van der Waals surface area contributed by atoms with Gasteiger partial charge >= 0.3 is 0 Å². The molecule has 1 fully saturated rings. The Labute approximate surface area is 221 Å². The van der Waals surface area contributed by atoms with E-state index in [0.29, 0.717) is 34.8 Å². The Morgan fingerprint density at radius 2 is 1.63 bits per heavy atom. The Morgan fingerprint density at radius 1 is 0.895 bits per heavy atom. The highest BCUT2D eigenvalue weighted by atomic mass is 32.2. The van der Waals surface area contributed by atoms with Gasteiger partial charge in [-0.15, -0.1) is 0 Å². The smallest absolute Gasteiger partial charge is 0.243 e. The van der Waals surface area contributed by atoms with Crippen LogP contribution in [0.2, 0.25) is 0 Å². The molecule has 1 saturated heterocycles. The van der Waals surface area contributed by atoms with E-state index in [2.05, 4.69) is 40.9 Å². The summed E-state index contributed by atoms with van der Waals surface area (Å²) in [7, 11) is -1.99. The van der Waals surface area contributed by atoms with Gasteiger partial charge < -0.3 is 16.0 Å². The van der Waals surface area contributed by atoms with Crippen molar-refractivity contribution in [3.05, 3.63) is 72.7 Å². The number of benzene rings is 1. The van der Waals surface area contributed by atoms with Crippen LogP contribution in [0.1, 0.15) is 18.5 Å². The highest BCUT2D eigenvalue weighted by Crippen LogP contribution is 2.25. The number of hydrogen-bond donors (Lipinski definition) is 3. The number of anilines is 4. The van der Waals surface area contributed by atoms with Gasteiger partial charge in [0.25, 0.3) is 0 Å². The summed E-state index contributed by atoms with van der Waals surface area (Å²) in [6.07, 6.45) is 4.84. The van der Waals surface area contributed by atoms with Crippen LogP contribution in [0.15, 0.2) is 71.9 Å². The molecule has 0 amide bonds. The second kappa shape index (κ2) is 11.2. The molecule has 0 aliphatic carbocycles. The lowest BCUT2D eigenvalue weighted by Crippen LogP contribution is -2.43. The summed E-state index contributed by atoms with van der Waals surface area (Å²) >= 11 is 0. The molecule has 0 bridgehead atoms. The molecule has 5 rings (SSSR count). The molecule has 12 heteroatoms. The standard InChI is InChI=1S/C26H29N9O2S/c1-18-5-3-8-22(30-18)25-28-15-11-23(33-25)32-24-12-16-29-26(34-24)31-19-6-4-7-21(17-19)38(36,37)35(2)20-9-13-27-14-10-20/h3-8,11-12,15-17,20,27H,9-10,13-14H2,1-2H3,(H2,28,29,31,32,33,34). The third-order valence-electron chi connectivity index (χ3n) is 6.27. The summed E-state index contributed by atoms with van der Waals surface area (Å²) in [5.41, 5.74) is 2.13. The Morgan fingerprint density at radius 3 is 2.42 bits per heavy atom. The van der Waals surface area contributed by atoms with Crippen LogP contribution >= 0.6 is 0 Å². The van der Waals surface area contributed by atoms with Crippen LogP contribution in [0.4, 0.5) is 23.3 Å². The van der Waals surface area contributed by atoms with Crippen LogP contribution in [0.5, 0.6) is 0 Å². The van der Waals surface area contributed by atoms with Gasteiger partial charge in [-0.1, -0.05) is 12.1 Å². The third kappa shape index (κ3) is 5.93. The quantitative estimate of drug-likeness (QED) is 0.310. The van der Waals surface area contributed by atoms with E-state index in [1.807, 2.05) is 25.1 Å². The molecule has 0 spiro atoms. The summed E-state index contributed by atoms with van der Waals surface area (Å²) < 4.78 is 28.0. The molecular weight excluding hydrogens is 502 g/mol. The van der Waals surface area contributed by atoms with Gasteiger partial charge in [0.2, 0.25) is 16.0 Å². The normalized spacial score (nSPS) is 14.4. The molecule has 11 nitrogen and oxygen atoms in total. The van der Waals surface area contributed by atoms with Gasteiger partial charge in [-0.2, -0.15) is 9.29 Å². The molecule has 1 aromatic carbocycles. The zero-order valence-electron chi connectivity index (χ0n) is 21.2. The van der Waals surface area contributed by atoms with Gasteiger partial charge in [-0.05, 0) is 75.3 Å². The van der Waals surface area contributed by atoms with Crippen LogP contribution in [0.3, 0.4) is 0 Å². The first kappa shape index (κ1) is 25.6. The van der Waals surface area contributed by atoms with Gasteiger partial charge in [-0.25, -0.2) is 28.4 Å². The minimum absolute atomic E-state index is 0.0204. The zero-order valence-corrected chi connectivity index (χ0v) is 22.0. The molecule has 0 saturated carbocycles. The van der Waals surface area contributed by atoms with E-state index in [9.17, 15) is 8.42 Å². The summed E-state index contributed by atoms with van der Waals surface area (Å²) in [4.78, 5) is 22.3. The largest absolute Gasteiger partial charge is 0.325 e. The maximum absolute atomic E-state index is 13.3. The number of pyridine rings is 1. The molecular formula is C26H29N9O2S. The molecule has 4 heterocycles. The Bertz CT molecular complexity index is 1520. The van der Waals surface area contributed by atoms with Crippen molar-refractivity contribution in [3.8, 4) is 11.5 Å². The molecule has 4 aromatic rings. The number of nitrogens with zero attached hydrogens (tertiary/aromatic N) is 6. The molecule has 196 valence electrons. The van der Waals surface area contributed by atoms with Crippen LogP contribution in [0, 0.1) is 6.92 Å². The van der Waals surface area contributed by atoms with E-state index in [0.717, 1.165) is 31.6 Å². The highest BCUT2D eigenvalue weighted by molar-refractivity contribution is 7.89. The number of sulfonamides is 1. The molecule has 1 aliphatic rings. The summed E-state index contributed by atoms with van der Waals surface area (Å²) in [6.45, 7) is 3.54. The van der Waals surface area contributed by atoms with E-state index in [1.54, 1.807) is 55.8 Å². The van der Waals surface area contributed by atoms with Gasteiger partial charge in [0, 0.05) is 36.9 Å². The first-order valence-electron chi connectivity index (χ1n) is 12.3. The summed E-state index contributed by atoms with van der Waals surface area (Å²) in [5.74, 6) is 1.88. The van der Waals surface area contributed by atoms with Crippen molar-refractivity contribution in [2.24, 2.45) is 0 Å². The number of nitrogens with one attached hydrogen (secondary N) is 3. The van der Waals surface area contributed by atoms with Crippen LogP contribution in [-0.4, -0.2) is 63.8 Å². The van der Waals surface area contributed by atoms with Crippen molar-refractivity contribution >= 4 is 33.3 Å². The van der Waals surface area contributed by atoms with Crippen molar-refractivity contribution in [3.63, 3.8) is 0 Å². The lowest BCUT2D eigenvalue weighted by atomic mass is 10.1. The van der Waals surface area contributed by atoms with Crippen LogP contribution < -0.4 is 16.0 Å². The molecule has 0 radical (unpaired) electrons. The number of aromatic nitrogens is 5. The molecule has 0 atom stereocenters. The minimum Gasteiger partial charge on any atom is -0.325 e. The topological polar surface area (TPSA) is 138 Å². The Hall–Kier alpha value is -4.00. The fourth-order valence-corrected chi connectivity index (χ4v) is 5.70. The van der Waals surface area contributed by atoms with E-state index < -0.39 is 10.0 Å². The average Bonchev–Trinajstić information content (AvgIpc) is 2.93. The second-order valence-corrected chi connectivity index (χ2v) is 11.0. The van der Waals surface area contributed by atoms with Gasteiger partial charge in [0.05, 0.1) is 4.90 Å². The molecule has 38 heavy (non-hydrogen) atoms. The number of rotatable bonds is 8. The Balaban J connectivity index is 1.31. The van der Waals surface area contributed by atoms with E-state index in [-0.39, 0.29) is 10.9 Å². The van der Waals surface area contributed by atoms with Crippen LogP contribution in [0.25, 0.3) is 11.5 Å². The van der Waals surface area contributed by atoms with Crippen molar-refractivity contribution in [1.29, 1.82) is 0 Å². The maximum atomic E-state index is 13.3.